The Bertz CT molecular complexity index is 436. The summed E-state index contributed by atoms with van der Waals surface area (Å²) in [5.74, 6) is -0.280. The van der Waals surface area contributed by atoms with Gasteiger partial charge in [0.15, 0.2) is 0 Å². The predicted molar refractivity (Wildman–Crippen MR) is 64.8 cm³/mol. The molecule has 1 aromatic rings. The van der Waals surface area contributed by atoms with Crippen molar-refractivity contribution in [1.82, 2.24) is 0 Å². The minimum absolute atomic E-state index is 0.0537. The van der Waals surface area contributed by atoms with Gasteiger partial charge < -0.3 is 9.57 Å². The van der Waals surface area contributed by atoms with Crippen molar-refractivity contribution in [2.45, 2.75) is 33.7 Å². The van der Waals surface area contributed by atoms with Gasteiger partial charge in [-0.25, -0.2) is 0 Å². The Hall–Kier alpha value is -1.72. The van der Waals surface area contributed by atoms with Crippen LogP contribution in [-0.4, -0.2) is 12.6 Å². The van der Waals surface area contributed by atoms with Gasteiger partial charge in [0.2, 0.25) is 0 Å². The first kappa shape index (κ1) is 15.3. The standard InChI is InChI=1S/C13H15F3NO2/c1-12(2,3)9-17-18-8-10-5-4-6-11(7-10)19-13(14,15)16/h4-7H,8H2,1-3H3. The lowest BCUT2D eigenvalue weighted by Gasteiger charge is -2.10. The first-order chi connectivity index (χ1) is 8.66. The maximum atomic E-state index is 12.0. The van der Waals surface area contributed by atoms with E-state index in [1.165, 1.54) is 18.2 Å². The van der Waals surface area contributed by atoms with E-state index in [0.717, 1.165) is 0 Å². The molecule has 6 heteroatoms. The summed E-state index contributed by atoms with van der Waals surface area (Å²) in [6, 6.07) is 5.55. The highest BCUT2D eigenvalue weighted by Crippen LogP contribution is 2.23. The molecule has 0 unspecified atom stereocenters. The van der Waals surface area contributed by atoms with E-state index in [9.17, 15) is 13.2 Å². The SMILES string of the molecule is CC(C)(C)/[C]=N\OCc1cccc(OC(F)(F)F)c1. The Balaban J connectivity index is 2.56. The fourth-order valence-electron chi connectivity index (χ4n) is 1.11. The van der Waals surface area contributed by atoms with E-state index in [4.69, 9.17) is 4.84 Å². The minimum Gasteiger partial charge on any atom is -0.406 e. The molecule has 0 bridgehead atoms. The Labute approximate surface area is 110 Å². The lowest BCUT2D eigenvalue weighted by Crippen LogP contribution is -2.17. The maximum absolute atomic E-state index is 12.0. The van der Waals surface area contributed by atoms with E-state index >= 15 is 0 Å². The number of nitrogens with zero attached hydrogens (tertiary/aromatic N) is 1. The first-order valence-corrected chi connectivity index (χ1v) is 5.59. The molecule has 0 atom stereocenters. The molecule has 19 heavy (non-hydrogen) atoms. The molecule has 0 N–H and O–H groups in total. The molecular weight excluding hydrogens is 259 g/mol. The van der Waals surface area contributed by atoms with Crippen LogP contribution in [0.15, 0.2) is 29.4 Å². The predicted octanol–water partition coefficient (Wildman–Crippen LogP) is 4.01. The van der Waals surface area contributed by atoms with Crippen molar-refractivity contribution >= 4 is 6.21 Å². The van der Waals surface area contributed by atoms with Crippen LogP contribution < -0.4 is 4.74 Å². The number of hydrogen-bond acceptors (Lipinski definition) is 3. The third-order valence-electron chi connectivity index (χ3n) is 1.81. The van der Waals surface area contributed by atoms with E-state index < -0.39 is 6.36 Å². The zero-order chi connectivity index (χ0) is 14.5. The second kappa shape index (κ2) is 5.95. The molecule has 0 aliphatic carbocycles. The van der Waals surface area contributed by atoms with Crippen LogP contribution in [0.5, 0.6) is 5.75 Å². The zero-order valence-corrected chi connectivity index (χ0v) is 10.9. The molecule has 0 fully saturated rings. The van der Waals surface area contributed by atoms with Gasteiger partial charge in [0.25, 0.3) is 0 Å². The Morgan fingerprint density at radius 1 is 1.21 bits per heavy atom. The number of alkyl halides is 3. The average molecular weight is 274 g/mol. The number of rotatable bonds is 4. The molecule has 0 heterocycles. The normalized spacial score (nSPS) is 12.7. The quantitative estimate of drug-likeness (QED) is 0.613. The van der Waals surface area contributed by atoms with E-state index in [-0.39, 0.29) is 17.8 Å². The first-order valence-electron chi connectivity index (χ1n) is 5.59. The fourth-order valence-corrected chi connectivity index (χ4v) is 1.11. The molecule has 0 aliphatic rings. The van der Waals surface area contributed by atoms with Crippen LogP contribution in [0, 0.1) is 5.41 Å². The van der Waals surface area contributed by atoms with Gasteiger partial charge in [-0.3, -0.25) is 0 Å². The monoisotopic (exact) mass is 274 g/mol. The summed E-state index contributed by atoms with van der Waals surface area (Å²) >= 11 is 0. The number of benzene rings is 1. The van der Waals surface area contributed by atoms with Crippen molar-refractivity contribution in [3.05, 3.63) is 29.8 Å². The minimum atomic E-state index is -4.70. The van der Waals surface area contributed by atoms with E-state index in [1.54, 1.807) is 6.07 Å². The number of halogens is 3. The van der Waals surface area contributed by atoms with Crippen molar-refractivity contribution in [2.75, 3.05) is 0 Å². The molecule has 0 spiro atoms. The van der Waals surface area contributed by atoms with Crippen LogP contribution in [0.4, 0.5) is 13.2 Å². The van der Waals surface area contributed by atoms with Crippen molar-refractivity contribution in [2.24, 2.45) is 10.6 Å². The van der Waals surface area contributed by atoms with Crippen LogP contribution >= 0.6 is 0 Å². The summed E-state index contributed by atoms with van der Waals surface area (Å²) in [5.41, 5.74) is 0.294. The van der Waals surface area contributed by atoms with Gasteiger partial charge in [-0.15, -0.1) is 13.2 Å². The molecule has 1 rings (SSSR count). The maximum Gasteiger partial charge on any atom is 0.573 e. The van der Waals surface area contributed by atoms with E-state index in [1.807, 2.05) is 20.8 Å². The molecule has 0 amide bonds. The molecule has 0 aliphatic heterocycles. The summed E-state index contributed by atoms with van der Waals surface area (Å²) in [5, 5.41) is 3.63. The van der Waals surface area contributed by atoms with E-state index in [0.29, 0.717) is 5.56 Å². The van der Waals surface area contributed by atoms with Crippen molar-refractivity contribution < 1.29 is 22.7 Å². The Kier molecular flexibility index (Phi) is 4.80. The highest BCUT2D eigenvalue weighted by Gasteiger charge is 2.31. The van der Waals surface area contributed by atoms with Crippen LogP contribution in [-0.2, 0) is 11.4 Å². The topological polar surface area (TPSA) is 30.8 Å². The molecule has 0 aromatic heterocycles. The molecule has 1 aromatic carbocycles. The second-order valence-electron chi connectivity index (χ2n) is 4.92. The summed E-state index contributed by atoms with van der Waals surface area (Å²) in [6.07, 6.45) is -1.96. The van der Waals surface area contributed by atoms with E-state index in [2.05, 4.69) is 16.1 Å². The highest BCUT2D eigenvalue weighted by atomic mass is 19.4. The molecule has 0 saturated heterocycles. The summed E-state index contributed by atoms with van der Waals surface area (Å²) in [7, 11) is 0. The van der Waals surface area contributed by atoms with Crippen LogP contribution in [0.2, 0.25) is 0 Å². The van der Waals surface area contributed by atoms with Gasteiger partial charge in [0.1, 0.15) is 18.6 Å². The van der Waals surface area contributed by atoms with Crippen LogP contribution in [0.1, 0.15) is 26.3 Å². The summed E-state index contributed by atoms with van der Waals surface area (Å²) < 4.78 is 39.9. The Morgan fingerprint density at radius 2 is 1.89 bits per heavy atom. The largest absolute Gasteiger partial charge is 0.573 e. The second-order valence-corrected chi connectivity index (χ2v) is 4.92. The van der Waals surface area contributed by atoms with Crippen molar-refractivity contribution in [1.29, 1.82) is 0 Å². The molecule has 1 radical (unpaired) electrons. The third-order valence-corrected chi connectivity index (χ3v) is 1.81. The third kappa shape index (κ3) is 7.33. The molecular formula is C13H15F3NO2. The zero-order valence-electron chi connectivity index (χ0n) is 10.9. The van der Waals surface area contributed by atoms with Gasteiger partial charge in [0.05, 0.1) is 0 Å². The number of hydrogen-bond donors (Lipinski definition) is 0. The van der Waals surface area contributed by atoms with Crippen LogP contribution in [0.25, 0.3) is 0 Å². The van der Waals surface area contributed by atoms with Crippen molar-refractivity contribution in [3.8, 4) is 5.75 Å². The average Bonchev–Trinajstić information content (AvgIpc) is 2.21. The van der Waals surface area contributed by atoms with Gasteiger partial charge in [-0.2, -0.15) is 0 Å². The molecule has 3 nitrogen and oxygen atoms in total. The summed E-state index contributed by atoms with van der Waals surface area (Å²) in [4.78, 5) is 4.96. The van der Waals surface area contributed by atoms with Crippen LogP contribution in [0.3, 0.4) is 0 Å². The van der Waals surface area contributed by atoms with Crippen molar-refractivity contribution in [3.63, 3.8) is 0 Å². The number of ether oxygens (including phenoxy) is 1. The molecule has 105 valence electrons. The van der Waals surface area contributed by atoms with Gasteiger partial charge in [-0.1, -0.05) is 38.1 Å². The Morgan fingerprint density at radius 3 is 2.47 bits per heavy atom. The van der Waals surface area contributed by atoms with Gasteiger partial charge in [0, 0.05) is 5.41 Å². The lowest BCUT2D eigenvalue weighted by atomic mass is 10.00. The highest BCUT2D eigenvalue weighted by molar-refractivity contribution is 5.63. The molecule has 0 saturated carbocycles. The smallest absolute Gasteiger partial charge is 0.406 e. The summed E-state index contributed by atoms with van der Waals surface area (Å²) in [6.45, 7) is 5.76. The van der Waals surface area contributed by atoms with Gasteiger partial charge >= 0.3 is 6.36 Å². The van der Waals surface area contributed by atoms with Gasteiger partial charge in [-0.05, 0) is 17.7 Å². The lowest BCUT2D eigenvalue weighted by molar-refractivity contribution is -0.274. The fraction of sp³-hybridized carbons (Fsp3) is 0.462.